The standard InChI is InChI=1S/C18H28N6O9/c19-8(3-4-14(27)28)17(31)24-5-1-2-11(24)16(30)22-9(6-12(20)25)15(29)23-10(18(32)33)7-13(21)26/h8-11H,1-7,19H2,(H2,20,25)(H2,21,26)(H,22,30)(H,23,29)(H,27,28)(H,32,33). The molecular weight excluding hydrogens is 444 g/mol. The Morgan fingerprint density at radius 2 is 1.52 bits per heavy atom. The molecule has 1 rings (SSSR count). The molecule has 0 aliphatic carbocycles. The third-order valence-electron chi connectivity index (χ3n) is 4.88. The largest absolute Gasteiger partial charge is 0.481 e. The average Bonchev–Trinajstić information content (AvgIpc) is 3.19. The number of carbonyl (C=O) groups is 7. The van der Waals surface area contributed by atoms with Gasteiger partial charge in [-0.3, -0.25) is 28.8 Å². The molecule has 0 saturated carbocycles. The third-order valence-corrected chi connectivity index (χ3v) is 4.88. The monoisotopic (exact) mass is 472 g/mol. The van der Waals surface area contributed by atoms with Gasteiger partial charge in [0.25, 0.3) is 0 Å². The second-order valence-electron chi connectivity index (χ2n) is 7.53. The van der Waals surface area contributed by atoms with E-state index in [0.29, 0.717) is 6.42 Å². The number of amides is 5. The van der Waals surface area contributed by atoms with Crippen LogP contribution >= 0.6 is 0 Å². The van der Waals surface area contributed by atoms with Gasteiger partial charge in [0.15, 0.2) is 0 Å². The second-order valence-corrected chi connectivity index (χ2v) is 7.53. The maximum atomic E-state index is 12.8. The summed E-state index contributed by atoms with van der Waals surface area (Å²) in [6.45, 7) is 0.171. The predicted molar refractivity (Wildman–Crippen MR) is 109 cm³/mol. The highest BCUT2D eigenvalue weighted by molar-refractivity contribution is 5.97. The number of likely N-dealkylation sites (tertiary alicyclic amines) is 1. The number of nitrogens with zero attached hydrogens (tertiary/aromatic N) is 1. The van der Waals surface area contributed by atoms with Crippen molar-refractivity contribution in [3.05, 3.63) is 0 Å². The van der Waals surface area contributed by atoms with Crippen molar-refractivity contribution in [3.8, 4) is 0 Å². The first kappa shape index (κ1) is 27.3. The van der Waals surface area contributed by atoms with Crippen LogP contribution < -0.4 is 27.8 Å². The summed E-state index contributed by atoms with van der Waals surface area (Å²) in [6, 6.07) is -5.47. The van der Waals surface area contributed by atoms with Crippen molar-refractivity contribution in [2.75, 3.05) is 6.54 Å². The average molecular weight is 472 g/mol. The highest BCUT2D eigenvalue weighted by Gasteiger charge is 2.38. The van der Waals surface area contributed by atoms with Gasteiger partial charge in [-0.15, -0.1) is 0 Å². The fourth-order valence-electron chi connectivity index (χ4n) is 3.27. The maximum Gasteiger partial charge on any atom is 0.326 e. The first-order valence-electron chi connectivity index (χ1n) is 10.0. The molecular formula is C18H28N6O9. The first-order chi connectivity index (χ1) is 15.3. The molecule has 1 saturated heterocycles. The van der Waals surface area contributed by atoms with Gasteiger partial charge in [0.05, 0.1) is 18.9 Å². The van der Waals surface area contributed by atoms with Crippen molar-refractivity contribution in [1.82, 2.24) is 15.5 Å². The van der Waals surface area contributed by atoms with E-state index in [9.17, 15) is 33.6 Å². The molecule has 15 heteroatoms. The Morgan fingerprint density at radius 3 is 2.03 bits per heavy atom. The minimum Gasteiger partial charge on any atom is -0.481 e. The second kappa shape index (κ2) is 12.3. The summed E-state index contributed by atoms with van der Waals surface area (Å²) in [5, 5.41) is 22.1. The molecule has 5 amide bonds. The number of hydrogen-bond acceptors (Lipinski definition) is 8. The number of aliphatic carboxylic acids is 2. The van der Waals surface area contributed by atoms with Crippen LogP contribution in [0.4, 0.5) is 0 Å². The topological polar surface area (TPSA) is 265 Å². The van der Waals surface area contributed by atoms with Crippen LogP contribution in [0.1, 0.15) is 38.5 Å². The van der Waals surface area contributed by atoms with Crippen LogP contribution in [0.2, 0.25) is 0 Å². The van der Waals surface area contributed by atoms with Crippen LogP contribution in [-0.2, 0) is 33.6 Å². The molecule has 0 radical (unpaired) electrons. The summed E-state index contributed by atoms with van der Waals surface area (Å²) in [5.74, 6) is -7.22. The zero-order chi connectivity index (χ0) is 25.3. The summed E-state index contributed by atoms with van der Waals surface area (Å²) in [7, 11) is 0. The molecule has 0 aromatic rings. The summed E-state index contributed by atoms with van der Waals surface area (Å²) >= 11 is 0. The Hall–Kier alpha value is -3.75. The number of rotatable bonds is 13. The summed E-state index contributed by atoms with van der Waals surface area (Å²) in [4.78, 5) is 83.3. The lowest BCUT2D eigenvalue weighted by Gasteiger charge is -2.28. The number of carboxylic acids is 2. The quantitative estimate of drug-likeness (QED) is 0.136. The van der Waals surface area contributed by atoms with Gasteiger partial charge in [-0.1, -0.05) is 0 Å². The van der Waals surface area contributed by atoms with Crippen molar-refractivity contribution < 1.29 is 43.8 Å². The molecule has 1 fully saturated rings. The van der Waals surface area contributed by atoms with Crippen molar-refractivity contribution in [2.24, 2.45) is 17.2 Å². The number of carboxylic acid groups (broad SMARTS) is 2. The molecule has 33 heavy (non-hydrogen) atoms. The van der Waals surface area contributed by atoms with Crippen LogP contribution in [0.15, 0.2) is 0 Å². The Balaban J connectivity index is 2.91. The molecule has 4 atom stereocenters. The van der Waals surface area contributed by atoms with Gasteiger partial charge < -0.3 is 42.9 Å². The number of nitrogens with one attached hydrogen (secondary N) is 2. The van der Waals surface area contributed by atoms with Crippen molar-refractivity contribution in [1.29, 1.82) is 0 Å². The van der Waals surface area contributed by atoms with Gasteiger partial charge in [0.2, 0.25) is 29.5 Å². The Morgan fingerprint density at radius 1 is 0.939 bits per heavy atom. The van der Waals surface area contributed by atoms with Crippen LogP contribution in [0.5, 0.6) is 0 Å². The normalized spacial score (nSPS) is 18.0. The van der Waals surface area contributed by atoms with E-state index in [2.05, 4.69) is 5.32 Å². The molecule has 15 nitrogen and oxygen atoms in total. The minimum absolute atomic E-state index is 0.137. The SMILES string of the molecule is NC(=O)CC(NC(=O)C(CC(N)=O)NC(=O)C1CCCN1C(=O)C(N)CCC(=O)O)C(=O)O. The van der Waals surface area contributed by atoms with Crippen LogP contribution in [0.25, 0.3) is 0 Å². The van der Waals surface area contributed by atoms with E-state index in [0.717, 1.165) is 4.90 Å². The van der Waals surface area contributed by atoms with Gasteiger partial charge in [-0.05, 0) is 19.3 Å². The maximum absolute atomic E-state index is 12.8. The fraction of sp³-hybridized carbons (Fsp3) is 0.611. The lowest BCUT2D eigenvalue weighted by Crippen LogP contribution is -2.57. The minimum atomic E-state index is -1.70. The predicted octanol–water partition coefficient (Wildman–Crippen LogP) is -4.03. The van der Waals surface area contributed by atoms with E-state index in [1.54, 1.807) is 0 Å². The molecule has 4 unspecified atom stereocenters. The van der Waals surface area contributed by atoms with Crippen molar-refractivity contribution in [3.63, 3.8) is 0 Å². The number of hydrogen-bond donors (Lipinski definition) is 7. The third kappa shape index (κ3) is 8.72. The Labute approximate surface area is 188 Å². The van der Waals surface area contributed by atoms with E-state index in [1.165, 1.54) is 0 Å². The number of nitrogens with two attached hydrogens (primary N) is 3. The van der Waals surface area contributed by atoms with Gasteiger partial charge in [0.1, 0.15) is 18.1 Å². The van der Waals surface area contributed by atoms with E-state index >= 15 is 0 Å². The van der Waals surface area contributed by atoms with E-state index in [4.69, 9.17) is 27.4 Å². The molecule has 0 spiro atoms. The van der Waals surface area contributed by atoms with Gasteiger partial charge in [-0.2, -0.15) is 0 Å². The van der Waals surface area contributed by atoms with Gasteiger partial charge in [0, 0.05) is 13.0 Å². The Bertz CT molecular complexity index is 817. The highest BCUT2D eigenvalue weighted by Crippen LogP contribution is 2.19. The molecule has 10 N–H and O–H groups in total. The number of primary amides is 2. The molecule has 0 aromatic carbocycles. The highest BCUT2D eigenvalue weighted by atomic mass is 16.4. The number of carbonyl (C=O) groups excluding carboxylic acids is 5. The zero-order valence-corrected chi connectivity index (χ0v) is 17.7. The molecule has 0 bridgehead atoms. The van der Waals surface area contributed by atoms with E-state index < -0.39 is 78.5 Å². The summed E-state index contributed by atoms with van der Waals surface area (Å²) in [5.41, 5.74) is 15.8. The van der Waals surface area contributed by atoms with Gasteiger partial charge >= 0.3 is 11.9 Å². The smallest absolute Gasteiger partial charge is 0.326 e. The molecule has 184 valence electrons. The molecule has 1 aliphatic rings. The molecule has 0 aromatic heterocycles. The summed E-state index contributed by atoms with van der Waals surface area (Å²) in [6.07, 6.45) is -1.23. The first-order valence-corrected chi connectivity index (χ1v) is 10.0. The van der Waals surface area contributed by atoms with Crippen LogP contribution in [0, 0.1) is 0 Å². The van der Waals surface area contributed by atoms with E-state index in [1.807, 2.05) is 5.32 Å². The van der Waals surface area contributed by atoms with Crippen molar-refractivity contribution >= 4 is 41.5 Å². The van der Waals surface area contributed by atoms with Crippen LogP contribution in [-0.4, -0.2) is 87.3 Å². The Kier molecular flexibility index (Phi) is 10.2. The fourth-order valence-corrected chi connectivity index (χ4v) is 3.27. The zero-order valence-electron chi connectivity index (χ0n) is 17.7. The van der Waals surface area contributed by atoms with Crippen LogP contribution in [0.3, 0.4) is 0 Å². The molecule has 1 heterocycles. The van der Waals surface area contributed by atoms with E-state index in [-0.39, 0.29) is 25.8 Å². The lowest BCUT2D eigenvalue weighted by molar-refractivity contribution is -0.144. The summed E-state index contributed by atoms with van der Waals surface area (Å²) < 4.78 is 0. The van der Waals surface area contributed by atoms with Crippen molar-refractivity contribution in [2.45, 2.75) is 62.7 Å². The van der Waals surface area contributed by atoms with Gasteiger partial charge in [-0.25, -0.2) is 4.79 Å². The lowest BCUT2D eigenvalue weighted by atomic mass is 10.1. The molecule has 1 aliphatic heterocycles.